The maximum Gasteiger partial charge on any atom is 0.233 e. The molecule has 1 amide bonds. The third-order valence-electron chi connectivity index (χ3n) is 5.61. The summed E-state index contributed by atoms with van der Waals surface area (Å²) in [5.41, 5.74) is 0.911. The average Bonchev–Trinajstić information content (AvgIpc) is 3.22. The second kappa shape index (κ2) is 9.52. The van der Waals surface area contributed by atoms with Crippen molar-refractivity contribution in [2.24, 2.45) is 0 Å². The Kier molecular flexibility index (Phi) is 6.59. The van der Waals surface area contributed by atoms with Crippen molar-refractivity contribution in [1.82, 2.24) is 19.7 Å². The molecule has 2 aliphatic heterocycles. The summed E-state index contributed by atoms with van der Waals surface area (Å²) in [4.78, 5) is 16.9. The first-order chi connectivity index (χ1) is 14.3. The predicted molar refractivity (Wildman–Crippen MR) is 115 cm³/mol. The first-order valence-electron chi connectivity index (χ1n) is 10.5. The molecule has 0 radical (unpaired) electrons. The highest BCUT2D eigenvalue weighted by Crippen LogP contribution is 2.33. The van der Waals surface area contributed by atoms with Gasteiger partial charge in [-0.05, 0) is 50.7 Å². The Morgan fingerprint density at radius 3 is 2.41 bits per heavy atom. The van der Waals surface area contributed by atoms with Gasteiger partial charge in [-0.25, -0.2) is 0 Å². The third-order valence-corrected chi connectivity index (χ3v) is 6.53. The van der Waals surface area contributed by atoms with Crippen LogP contribution in [0.2, 0.25) is 0 Å². The summed E-state index contributed by atoms with van der Waals surface area (Å²) in [5, 5.41) is 9.72. The molecule has 0 bridgehead atoms. The minimum Gasteiger partial charge on any atom is -0.495 e. The van der Waals surface area contributed by atoms with Crippen LogP contribution < -0.4 is 9.64 Å². The minimum absolute atomic E-state index is 0.184. The Balaban J connectivity index is 1.61. The molecular formula is C21H29N5O2S. The van der Waals surface area contributed by atoms with E-state index in [1.807, 2.05) is 29.2 Å². The standard InChI is InChI=1S/C21H29N5O2S/c1-28-18-11-5-4-10-17(18)26-20(25-14-8-3-9-15-25)22-23-21(26)29-16-19(27)24-12-6-2-7-13-24/h4-5,10-11H,2-3,6-9,12-16H2,1H3. The van der Waals surface area contributed by atoms with Gasteiger partial charge in [-0.1, -0.05) is 23.9 Å². The van der Waals surface area contributed by atoms with E-state index in [1.54, 1.807) is 7.11 Å². The second-order valence-electron chi connectivity index (χ2n) is 7.57. The van der Waals surface area contributed by atoms with Gasteiger partial charge in [-0.2, -0.15) is 0 Å². The van der Waals surface area contributed by atoms with Crippen LogP contribution in [0.5, 0.6) is 5.75 Å². The SMILES string of the molecule is COc1ccccc1-n1c(SCC(=O)N2CCCCC2)nnc1N1CCCCC1. The van der Waals surface area contributed by atoms with Crippen LogP contribution in [-0.4, -0.2) is 64.6 Å². The number of hydrogen-bond donors (Lipinski definition) is 0. The van der Waals surface area contributed by atoms with E-state index >= 15 is 0 Å². The van der Waals surface area contributed by atoms with Crippen molar-refractivity contribution in [2.45, 2.75) is 43.7 Å². The van der Waals surface area contributed by atoms with Crippen molar-refractivity contribution in [2.75, 3.05) is 43.9 Å². The Hall–Kier alpha value is -2.22. The van der Waals surface area contributed by atoms with Gasteiger partial charge in [0, 0.05) is 26.2 Å². The molecule has 1 aromatic carbocycles. The first-order valence-corrected chi connectivity index (χ1v) is 11.5. The summed E-state index contributed by atoms with van der Waals surface area (Å²) in [6, 6.07) is 7.92. The summed E-state index contributed by atoms with van der Waals surface area (Å²) >= 11 is 1.46. The van der Waals surface area contributed by atoms with Crippen molar-refractivity contribution in [1.29, 1.82) is 0 Å². The molecule has 29 heavy (non-hydrogen) atoms. The fourth-order valence-electron chi connectivity index (χ4n) is 4.04. The van der Waals surface area contributed by atoms with Crippen molar-refractivity contribution < 1.29 is 9.53 Å². The molecule has 0 aliphatic carbocycles. The van der Waals surface area contributed by atoms with Crippen LogP contribution in [0.4, 0.5) is 5.95 Å². The number of amides is 1. The zero-order valence-corrected chi connectivity index (χ0v) is 17.9. The number of carbonyl (C=O) groups is 1. The Labute approximate surface area is 176 Å². The second-order valence-corrected chi connectivity index (χ2v) is 8.51. The molecule has 2 aromatic rings. The van der Waals surface area contributed by atoms with Gasteiger partial charge in [-0.15, -0.1) is 10.2 Å². The highest BCUT2D eigenvalue weighted by molar-refractivity contribution is 7.99. The molecule has 7 nitrogen and oxygen atoms in total. The molecule has 4 rings (SSSR count). The average molecular weight is 416 g/mol. The number of aromatic nitrogens is 3. The van der Waals surface area contributed by atoms with E-state index in [0.717, 1.165) is 74.4 Å². The fourth-order valence-corrected chi connectivity index (χ4v) is 4.88. The Morgan fingerprint density at radius 1 is 1.00 bits per heavy atom. The molecule has 2 saturated heterocycles. The summed E-state index contributed by atoms with van der Waals surface area (Å²) in [5.74, 6) is 2.17. The minimum atomic E-state index is 0.184. The Bertz CT molecular complexity index is 828. The molecule has 0 spiro atoms. The number of nitrogens with zero attached hydrogens (tertiary/aromatic N) is 5. The van der Waals surface area contributed by atoms with E-state index in [-0.39, 0.29) is 5.91 Å². The van der Waals surface area contributed by atoms with Crippen molar-refractivity contribution >= 4 is 23.6 Å². The molecule has 0 atom stereocenters. The van der Waals surface area contributed by atoms with E-state index in [9.17, 15) is 4.79 Å². The maximum absolute atomic E-state index is 12.7. The number of anilines is 1. The number of para-hydroxylation sites is 2. The van der Waals surface area contributed by atoms with E-state index in [4.69, 9.17) is 4.74 Å². The van der Waals surface area contributed by atoms with E-state index in [1.165, 1.54) is 24.6 Å². The molecule has 3 heterocycles. The van der Waals surface area contributed by atoms with Crippen LogP contribution in [-0.2, 0) is 4.79 Å². The van der Waals surface area contributed by atoms with Gasteiger partial charge in [-0.3, -0.25) is 9.36 Å². The number of hydrogen-bond acceptors (Lipinski definition) is 6. The summed E-state index contributed by atoms with van der Waals surface area (Å²) in [6.07, 6.45) is 7.01. The van der Waals surface area contributed by atoms with Gasteiger partial charge < -0.3 is 14.5 Å². The number of benzene rings is 1. The fraction of sp³-hybridized carbons (Fsp3) is 0.571. The predicted octanol–water partition coefficient (Wildman–Crippen LogP) is 3.37. The van der Waals surface area contributed by atoms with Crippen LogP contribution in [0.15, 0.2) is 29.4 Å². The molecule has 2 fully saturated rings. The molecule has 1 aromatic heterocycles. The monoisotopic (exact) mass is 415 g/mol. The van der Waals surface area contributed by atoms with Gasteiger partial charge in [0.1, 0.15) is 5.75 Å². The summed E-state index contributed by atoms with van der Waals surface area (Å²) in [7, 11) is 1.68. The number of thioether (sulfide) groups is 1. The van der Waals surface area contributed by atoms with Gasteiger partial charge in [0.15, 0.2) is 5.16 Å². The largest absolute Gasteiger partial charge is 0.495 e. The molecule has 0 N–H and O–H groups in total. The lowest BCUT2D eigenvalue weighted by atomic mass is 10.1. The van der Waals surface area contributed by atoms with Gasteiger partial charge >= 0.3 is 0 Å². The zero-order valence-electron chi connectivity index (χ0n) is 17.0. The summed E-state index contributed by atoms with van der Waals surface area (Å²) in [6.45, 7) is 3.70. The smallest absolute Gasteiger partial charge is 0.233 e. The van der Waals surface area contributed by atoms with E-state index < -0.39 is 0 Å². The van der Waals surface area contributed by atoms with Crippen molar-refractivity contribution in [3.63, 3.8) is 0 Å². The lowest BCUT2D eigenvalue weighted by molar-refractivity contribution is -0.129. The quantitative estimate of drug-likeness (QED) is 0.674. The van der Waals surface area contributed by atoms with E-state index in [0.29, 0.717) is 5.75 Å². The molecule has 0 unspecified atom stereocenters. The van der Waals surface area contributed by atoms with E-state index in [2.05, 4.69) is 19.7 Å². The highest BCUT2D eigenvalue weighted by Gasteiger charge is 2.24. The van der Waals surface area contributed by atoms with Gasteiger partial charge in [0.25, 0.3) is 0 Å². The number of methoxy groups -OCH3 is 1. The molecule has 2 aliphatic rings. The number of rotatable bonds is 6. The van der Waals surface area contributed by atoms with Crippen LogP contribution in [0.3, 0.4) is 0 Å². The lowest BCUT2D eigenvalue weighted by Gasteiger charge is -2.28. The molecule has 156 valence electrons. The highest BCUT2D eigenvalue weighted by atomic mass is 32.2. The number of piperidine rings is 2. The normalized spacial score (nSPS) is 17.4. The molecule has 0 saturated carbocycles. The number of carbonyl (C=O) groups excluding carboxylic acids is 1. The van der Waals surface area contributed by atoms with Crippen molar-refractivity contribution in [3.8, 4) is 11.4 Å². The number of likely N-dealkylation sites (tertiary alicyclic amines) is 1. The molecule has 8 heteroatoms. The lowest BCUT2D eigenvalue weighted by Crippen LogP contribution is -2.36. The first kappa shape index (κ1) is 20.1. The topological polar surface area (TPSA) is 63.5 Å². The van der Waals surface area contributed by atoms with Gasteiger partial charge in [0.2, 0.25) is 11.9 Å². The zero-order chi connectivity index (χ0) is 20.1. The van der Waals surface area contributed by atoms with Crippen molar-refractivity contribution in [3.05, 3.63) is 24.3 Å². The van der Waals surface area contributed by atoms with Crippen LogP contribution in [0, 0.1) is 0 Å². The molecular weight excluding hydrogens is 386 g/mol. The van der Waals surface area contributed by atoms with Crippen LogP contribution >= 0.6 is 11.8 Å². The van der Waals surface area contributed by atoms with Crippen LogP contribution in [0.1, 0.15) is 38.5 Å². The number of ether oxygens (including phenoxy) is 1. The maximum atomic E-state index is 12.7. The summed E-state index contributed by atoms with van der Waals surface area (Å²) < 4.78 is 7.66. The van der Waals surface area contributed by atoms with Gasteiger partial charge in [0.05, 0.1) is 18.6 Å². The van der Waals surface area contributed by atoms with Crippen LogP contribution in [0.25, 0.3) is 5.69 Å². The third kappa shape index (κ3) is 4.52. The Morgan fingerprint density at radius 2 is 1.69 bits per heavy atom.